The van der Waals surface area contributed by atoms with Crippen molar-refractivity contribution in [3.8, 4) is 0 Å². The number of hydrogen-bond acceptors (Lipinski definition) is 6. The highest BCUT2D eigenvalue weighted by Crippen LogP contribution is 2.34. The predicted molar refractivity (Wildman–Crippen MR) is 103 cm³/mol. The molecule has 28 heavy (non-hydrogen) atoms. The lowest BCUT2D eigenvalue weighted by molar-refractivity contribution is -0.231. The van der Waals surface area contributed by atoms with Crippen molar-refractivity contribution in [1.29, 1.82) is 0 Å². The van der Waals surface area contributed by atoms with Crippen LogP contribution in [0.1, 0.15) is 33.9 Å². The zero-order valence-corrected chi connectivity index (χ0v) is 15.9. The van der Waals surface area contributed by atoms with Gasteiger partial charge in [-0.1, -0.05) is 42.5 Å². The van der Waals surface area contributed by atoms with Crippen molar-refractivity contribution in [2.75, 3.05) is 6.61 Å². The number of benzene rings is 2. The predicted octanol–water partition coefficient (Wildman–Crippen LogP) is 1.03. The fourth-order valence-electron chi connectivity index (χ4n) is 4.17. The van der Waals surface area contributed by atoms with Gasteiger partial charge in [0.2, 0.25) is 0 Å². The van der Waals surface area contributed by atoms with E-state index in [1.807, 2.05) is 18.2 Å². The van der Waals surface area contributed by atoms with Gasteiger partial charge in [-0.15, -0.1) is 0 Å². The van der Waals surface area contributed by atoms with Crippen molar-refractivity contribution in [2.45, 2.75) is 57.1 Å². The molecule has 0 saturated carbocycles. The number of aliphatic hydroxyl groups is 4. The van der Waals surface area contributed by atoms with E-state index in [1.165, 1.54) is 11.1 Å². The smallest absolute Gasteiger partial charge is 0.113 e. The highest BCUT2D eigenvalue weighted by molar-refractivity contribution is 5.35. The van der Waals surface area contributed by atoms with E-state index < -0.39 is 37.1 Å². The first-order valence-corrected chi connectivity index (χ1v) is 9.67. The van der Waals surface area contributed by atoms with Crippen LogP contribution in [0.2, 0.25) is 0 Å². The average Bonchev–Trinajstić information content (AvgIpc) is 3.11. The zero-order chi connectivity index (χ0) is 19.8. The van der Waals surface area contributed by atoms with Gasteiger partial charge in [0, 0.05) is 19.6 Å². The topological polar surface area (TPSA) is 93.4 Å². The van der Waals surface area contributed by atoms with E-state index in [2.05, 4.69) is 36.1 Å². The van der Waals surface area contributed by atoms with Gasteiger partial charge in [-0.3, -0.25) is 4.90 Å². The molecule has 0 amide bonds. The summed E-state index contributed by atoms with van der Waals surface area (Å²) in [5.41, 5.74) is 5.70. The van der Waals surface area contributed by atoms with Crippen LogP contribution >= 0.6 is 0 Å². The highest BCUT2D eigenvalue weighted by Gasteiger charge is 2.44. The molecule has 4 rings (SSSR count). The number of hydrogen-bond donors (Lipinski definition) is 4. The molecule has 150 valence electrons. The van der Waals surface area contributed by atoms with E-state index in [0.717, 1.165) is 36.3 Å². The van der Waals surface area contributed by atoms with Crippen molar-refractivity contribution in [2.24, 2.45) is 0 Å². The van der Waals surface area contributed by atoms with Gasteiger partial charge in [-0.2, -0.15) is 0 Å². The van der Waals surface area contributed by atoms with Gasteiger partial charge in [0.15, 0.2) is 0 Å². The molecule has 0 radical (unpaired) electrons. The fraction of sp³-hybridized carbons (Fsp3) is 0.455. The lowest BCUT2D eigenvalue weighted by atomic mass is 9.90. The Morgan fingerprint density at radius 3 is 2.29 bits per heavy atom. The number of nitrogens with zero attached hydrogens (tertiary/aromatic N) is 1. The van der Waals surface area contributed by atoms with Gasteiger partial charge in [0.1, 0.15) is 30.5 Å². The molecule has 6 nitrogen and oxygen atoms in total. The Labute approximate surface area is 164 Å². The molecule has 6 heteroatoms. The molecule has 0 aromatic heterocycles. The second kappa shape index (κ2) is 7.91. The van der Waals surface area contributed by atoms with Crippen LogP contribution in [0, 0.1) is 6.92 Å². The van der Waals surface area contributed by atoms with Crippen molar-refractivity contribution in [3.05, 3.63) is 70.3 Å². The van der Waals surface area contributed by atoms with Gasteiger partial charge >= 0.3 is 0 Å². The van der Waals surface area contributed by atoms with E-state index in [-0.39, 0.29) is 0 Å². The summed E-state index contributed by atoms with van der Waals surface area (Å²) in [6.07, 6.45) is -5.67. The Kier molecular flexibility index (Phi) is 5.51. The van der Waals surface area contributed by atoms with Gasteiger partial charge in [-0.05, 0) is 34.7 Å². The molecule has 1 fully saturated rings. The molecule has 4 N–H and O–H groups in total. The van der Waals surface area contributed by atoms with Gasteiger partial charge in [-0.25, -0.2) is 0 Å². The normalized spacial score (nSPS) is 30.4. The molecule has 5 atom stereocenters. The summed E-state index contributed by atoms with van der Waals surface area (Å²) in [6.45, 7) is 4.20. The molecule has 2 aromatic rings. The number of aliphatic hydroxyl groups excluding tert-OH is 4. The minimum Gasteiger partial charge on any atom is -0.394 e. The maximum atomic E-state index is 10.4. The molecular weight excluding hydrogens is 358 g/mol. The van der Waals surface area contributed by atoms with Crippen LogP contribution in [0.3, 0.4) is 0 Å². The minimum absolute atomic E-state index is 0.424. The number of rotatable bonds is 4. The first kappa shape index (κ1) is 19.5. The largest absolute Gasteiger partial charge is 0.394 e. The van der Waals surface area contributed by atoms with E-state index in [9.17, 15) is 20.4 Å². The van der Waals surface area contributed by atoms with Crippen molar-refractivity contribution >= 4 is 0 Å². The van der Waals surface area contributed by atoms with E-state index in [0.29, 0.717) is 0 Å². The van der Waals surface area contributed by atoms with Crippen LogP contribution in [-0.2, 0) is 24.4 Å². The van der Waals surface area contributed by atoms with E-state index >= 15 is 0 Å². The minimum atomic E-state index is -1.37. The van der Waals surface area contributed by atoms with E-state index in [1.54, 1.807) is 0 Å². The average molecular weight is 385 g/mol. The third kappa shape index (κ3) is 3.59. The Hall–Kier alpha value is -1.80. The Balaban J connectivity index is 1.54. The summed E-state index contributed by atoms with van der Waals surface area (Å²) in [7, 11) is 0. The highest BCUT2D eigenvalue weighted by atomic mass is 16.5. The number of fused-ring (bicyclic) bond motifs is 1. The summed E-state index contributed by atoms with van der Waals surface area (Å²) < 4.78 is 5.71. The molecule has 5 unspecified atom stereocenters. The monoisotopic (exact) mass is 385 g/mol. The maximum Gasteiger partial charge on any atom is 0.113 e. The maximum absolute atomic E-state index is 10.4. The molecule has 2 aliphatic heterocycles. The first-order chi connectivity index (χ1) is 13.5. The lowest BCUT2D eigenvalue weighted by Gasteiger charge is -2.40. The molecule has 0 aliphatic carbocycles. The van der Waals surface area contributed by atoms with Crippen LogP contribution in [0.5, 0.6) is 0 Å². The van der Waals surface area contributed by atoms with Gasteiger partial charge in [0.05, 0.1) is 6.61 Å². The SMILES string of the molecule is Cc1ccc(C2OC(CO)C(O)C(O)C2O)cc1CN1Cc2ccccc2C1. The molecule has 1 saturated heterocycles. The fourth-order valence-corrected chi connectivity index (χ4v) is 4.17. The molecule has 2 heterocycles. The standard InChI is InChI=1S/C22H27NO5/c1-13-6-7-14(22-21(27)20(26)19(25)18(12-24)28-22)8-17(13)11-23-9-15-4-2-3-5-16(15)10-23/h2-8,18-22,24-27H,9-12H2,1H3. The lowest BCUT2D eigenvalue weighted by Crippen LogP contribution is -2.55. The summed E-state index contributed by atoms with van der Waals surface area (Å²) in [5.74, 6) is 0. The molecule has 0 spiro atoms. The van der Waals surface area contributed by atoms with Crippen molar-refractivity contribution in [3.63, 3.8) is 0 Å². The molecule has 0 bridgehead atoms. The third-order valence-electron chi connectivity index (χ3n) is 5.89. The summed E-state index contributed by atoms with van der Waals surface area (Å²) >= 11 is 0. The molecular formula is C22H27NO5. The first-order valence-electron chi connectivity index (χ1n) is 9.67. The van der Waals surface area contributed by atoms with Gasteiger partial charge in [0.25, 0.3) is 0 Å². The molecule has 2 aliphatic rings. The second-order valence-electron chi connectivity index (χ2n) is 7.85. The quantitative estimate of drug-likeness (QED) is 0.628. The Bertz CT molecular complexity index is 814. The van der Waals surface area contributed by atoms with Gasteiger partial charge < -0.3 is 25.2 Å². The summed E-state index contributed by atoms with van der Waals surface area (Å²) in [4.78, 5) is 2.37. The summed E-state index contributed by atoms with van der Waals surface area (Å²) in [5, 5.41) is 39.9. The van der Waals surface area contributed by atoms with Crippen molar-refractivity contribution in [1.82, 2.24) is 4.90 Å². The van der Waals surface area contributed by atoms with Crippen LogP contribution in [-0.4, -0.2) is 56.3 Å². The van der Waals surface area contributed by atoms with E-state index in [4.69, 9.17) is 4.74 Å². The molecule has 2 aromatic carbocycles. The Morgan fingerprint density at radius 1 is 0.964 bits per heavy atom. The van der Waals surface area contributed by atoms with Crippen LogP contribution in [0.15, 0.2) is 42.5 Å². The summed E-state index contributed by atoms with van der Waals surface area (Å²) in [6, 6.07) is 14.3. The van der Waals surface area contributed by atoms with Crippen LogP contribution < -0.4 is 0 Å². The van der Waals surface area contributed by atoms with Crippen LogP contribution in [0.25, 0.3) is 0 Å². The second-order valence-corrected chi connectivity index (χ2v) is 7.85. The Morgan fingerprint density at radius 2 is 1.64 bits per heavy atom. The zero-order valence-electron chi connectivity index (χ0n) is 15.9. The van der Waals surface area contributed by atoms with Crippen molar-refractivity contribution < 1.29 is 25.2 Å². The van der Waals surface area contributed by atoms with Crippen LogP contribution in [0.4, 0.5) is 0 Å². The number of aryl methyl sites for hydroxylation is 1. The third-order valence-corrected chi connectivity index (χ3v) is 5.89. The number of ether oxygens (including phenoxy) is 1.